The zero-order valence-corrected chi connectivity index (χ0v) is 14.5. The molecule has 1 unspecified atom stereocenters. The summed E-state index contributed by atoms with van der Waals surface area (Å²) in [5.74, 6) is 1.64. The summed E-state index contributed by atoms with van der Waals surface area (Å²) in [6.07, 6.45) is 7.17. The highest BCUT2D eigenvalue weighted by atomic mass is 15.2. The first kappa shape index (κ1) is 17.9. The Morgan fingerprint density at radius 1 is 1.00 bits per heavy atom. The second kappa shape index (κ2) is 9.75. The molecule has 120 valence electrons. The third kappa shape index (κ3) is 7.05. The van der Waals surface area contributed by atoms with E-state index in [0.29, 0.717) is 6.04 Å². The van der Waals surface area contributed by atoms with E-state index >= 15 is 0 Å². The number of nitrogens with one attached hydrogen (secondary N) is 1. The topological polar surface area (TPSA) is 18.5 Å². The number of hydrogen-bond donors (Lipinski definition) is 1. The molecule has 0 aromatic heterocycles. The SMILES string of the molecule is CNC(CN(CCN(C)C)CC(C)C)C1CCCCC1. The van der Waals surface area contributed by atoms with Gasteiger partial charge in [-0.05, 0) is 45.8 Å². The molecule has 1 N–H and O–H groups in total. The van der Waals surface area contributed by atoms with Gasteiger partial charge >= 0.3 is 0 Å². The maximum absolute atomic E-state index is 3.61. The molecule has 0 amide bonds. The molecule has 0 aromatic rings. The minimum Gasteiger partial charge on any atom is -0.315 e. The van der Waals surface area contributed by atoms with Crippen LogP contribution < -0.4 is 5.32 Å². The molecule has 1 aliphatic carbocycles. The molecular formula is C17H37N3. The molecule has 0 heterocycles. The van der Waals surface area contributed by atoms with Crippen molar-refractivity contribution >= 4 is 0 Å². The number of nitrogens with zero attached hydrogens (tertiary/aromatic N) is 2. The Balaban J connectivity index is 2.49. The third-order valence-electron chi connectivity index (χ3n) is 4.53. The largest absolute Gasteiger partial charge is 0.315 e. The van der Waals surface area contributed by atoms with Crippen molar-refractivity contribution in [1.82, 2.24) is 15.1 Å². The molecular weight excluding hydrogens is 246 g/mol. The van der Waals surface area contributed by atoms with E-state index in [1.165, 1.54) is 51.7 Å². The molecule has 0 radical (unpaired) electrons. The van der Waals surface area contributed by atoms with E-state index in [4.69, 9.17) is 0 Å². The van der Waals surface area contributed by atoms with E-state index in [2.05, 4.69) is 50.1 Å². The minimum absolute atomic E-state index is 0.677. The van der Waals surface area contributed by atoms with Crippen LogP contribution in [0.2, 0.25) is 0 Å². The van der Waals surface area contributed by atoms with Gasteiger partial charge in [0, 0.05) is 32.2 Å². The molecule has 20 heavy (non-hydrogen) atoms. The molecule has 0 saturated heterocycles. The predicted molar refractivity (Wildman–Crippen MR) is 89.3 cm³/mol. The standard InChI is InChI=1S/C17H37N3/c1-15(2)13-20(12-11-19(4)5)14-17(18-3)16-9-7-6-8-10-16/h15-18H,6-14H2,1-5H3. The Morgan fingerprint density at radius 2 is 1.65 bits per heavy atom. The van der Waals surface area contributed by atoms with Crippen LogP contribution in [0.3, 0.4) is 0 Å². The normalized spacial score (nSPS) is 19.2. The Labute approximate surface area is 127 Å². The lowest BCUT2D eigenvalue weighted by molar-refractivity contribution is 0.164. The second-order valence-corrected chi connectivity index (χ2v) is 7.25. The summed E-state index contributed by atoms with van der Waals surface area (Å²) < 4.78 is 0. The number of rotatable bonds is 9. The van der Waals surface area contributed by atoms with Crippen molar-refractivity contribution in [2.75, 3.05) is 47.3 Å². The summed E-state index contributed by atoms with van der Waals surface area (Å²) in [4.78, 5) is 4.96. The van der Waals surface area contributed by atoms with Crippen LogP contribution in [0.5, 0.6) is 0 Å². The summed E-state index contributed by atoms with van der Waals surface area (Å²) in [6.45, 7) is 9.45. The summed E-state index contributed by atoms with van der Waals surface area (Å²) >= 11 is 0. The summed E-state index contributed by atoms with van der Waals surface area (Å²) in [7, 11) is 6.49. The molecule has 3 nitrogen and oxygen atoms in total. The van der Waals surface area contributed by atoms with E-state index in [9.17, 15) is 0 Å². The molecule has 0 aliphatic heterocycles. The minimum atomic E-state index is 0.677. The average molecular weight is 284 g/mol. The monoisotopic (exact) mass is 283 g/mol. The van der Waals surface area contributed by atoms with Crippen LogP contribution in [-0.4, -0.2) is 63.2 Å². The highest BCUT2D eigenvalue weighted by Crippen LogP contribution is 2.26. The lowest BCUT2D eigenvalue weighted by atomic mass is 9.83. The van der Waals surface area contributed by atoms with E-state index in [0.717, 1.165) is 18.4 Å². The Bertz CT molecular complexity index is 234. The first-order chi connectivity index (χ1) is 9.52. The van der Waals surface area contributed by atoms with Crippen molar-refractivity contribution in [1.29, 1.82) is 0 Å². The summed E-state index contributed by atoms with van der Waals surface area (Å²) in [6, 6.07) is 0.677. The number of likely N-dealkylation sites (N-methyl/N-ethyl adjacent to an activating group) is 2. The molecule has 1 saturated carbocycles. The van der Waals surface area contributed by atoms with E-state index in [-0.39, 0.29) is 0 Å². The van der Waals surface area contributed by atoms with E-state index in [1.807, 2.05) is 0 Å². The van der Waals surface area contributed by atoms with Crippen molar-refractivity contribution < 1.29 is 0 Å². The predicted octanol–water partition coefficient (Wildman–Crippen LogP) is 2.67. The van der Waals surface area contributed by atoms with Crippen LogP contribution >= 0.6 is 0 Å². The van der Waals surface area contributed by atoms with Crippen molar-refractivity contribution in [3.63, 3.8) is 0 Å². The maximum atomic E-state index is 3.61. The fourth-order valence-electron chi connectivity index (χ4n) is 3.41. The van der Waals surface area contributed by atoms with Gasteiger partial charge in [-0.15, -0.1) is 0 Å². The van der Waals surface area contributed by atoms with Gasteiger partial charge in [-0.3, -0.25) is 0 Å². The number of hydrogen-bond acceptors (Lipinski definition) is 3. The highest BCUT2D eigenvalue weighted by molar-refractivity contribution is 4.81. The zero-order valence-electron chi connectivity index (χ0n) is 14.5. The first-order valence-corrected chi connectivity index (χ1v) is 8.57. The van der Waals surface area contributed by atoms with Gasteiger partial charge in [0.15, 0.2) is 0 Å². The fourth-order valence-corrected chi connectivity index (χ4v) is 3.41. The Morgan fingerprint density at radius 3 is 2.15 bits per heavy atom. The van der Waals surface area contributed by atoms with Crippen LogP contribution in [0.25, 0.3) is 0 Å². The maximum Gasteiger partial charge on any atom is 0.0220 e. The third-order valence-corrected chi connectivity index (χ3v) is 4.53. The van der Waals surface area contributed by atoms with Gasteiger partial charge in [-0.25, -0.2) is 0 Å². The van der Waals surface area contributed by atoms with Crippen molar-refractivity contribution in [2.45, 2.75) is 52.0 Å². The smallest absolute Gasteiger partial charge is 0.0220 e. The Kier molecular flexibility index (Phi) is 8.74. The van der Waals surface area contributed by atoms with E-state index < -0.39 is 0 Å². The van der Waals surface area contributed by atoms with Gasteiger partial charge < -0.3 is 15.1 Å². The fraction of sp³-hybridized carbons (Fsp3) is 1.00. The molecule has 1 aliphatic rings. The van der Waals surface area contributed by atoms with Crippen molar-refractivity contribution in [3.05, 3.63) is 0 Å². The molecule has 3 heteroatoms. The molecule has 0 aromatic carbocycles. The van der Waals surface area contributed by atoms with Crippen molar-refractivity contribution in [3.8, 4) is 0 Å². The van der Waals surface area contributed by atoms with Crippen molar-refractivity contribution in [2.24, 2.45) is 11.8 Å². The van der Waals surface area contributed by atoms with Gasteiger partial charge in [0.05, 0.1) is 0 Å². The molecule has 0 spiro atoms. The van der Waals surface area contributed by atoms with E-state index in [1.54, 1.807) is 0 Å². The van der Waals surface area contributed by atoms with Gasteiger partial charge in [0.25, 0.3) is 0 Å². The first-order valence-electron chi connectivity index (χ1n) is 8.57. The lowest BCUT2D eigenvalue weighted by Gasteiger charge is -2.35. The highest BCUT2D eigenvalue weighted by Gasteiger charge is 2.24. The zero-order chi connectivity index (χ0) is 15.0. The summed E-state index contributed by atoms with van der Waals surface area (Å²) in [5.41, 5.74) is 0. The van der Waals surface area contributed by atoms with Gasteiger partial charge in [0.2, 0.25) is 0 Å². The van der Waals surface area contributed by atoms with Gasteiger partial charge in [-0.2, -0.15) is 0 Å². The molecule has 1 rings (SSSR count). The van der Waals surface area contributed by atoms with Crippen LogP contribution in [0.15, 0.2) is 0 Å². The van der Waals surface area contributed by atoms with Crippen LogP contribution in [0.1, 0.15) is 46.0 Å². The molecule has 0 bridgehead atoms. The molecule has 1 fully saturated rings. The van der Waals surface area contributed by atoms with Gasteiger partial charge in [0.1, 0.15) is 0 Å². The average Bonchev–Trinajstić information content (AvgIpc) is 2.42. The lowest BCUT2D eigenvalue weighted by Crippen LogP contribution is -2.47. The van der Waals surface area contributed by atoms with Crippen LogP contribution in [0, 0.1) is 11.8 Å². The van der Waals surface area contributed by atoms with Gasteiger partial charge in [-0.1, -0.05) is 33.1 Å². The second-order valence-electron chi connectivity index (χ2n) is 7.25. The molecule has 1 atom stereocenters. The van der Waals surface area contributed by atoms with Crippen LogP contribution in [0.4, 0.5) is 0 Å². The Hall–Kier alpha value is -0.120. The quantitative estimate of drug-likeness (QED) is 0.702. The summed E-state index contributed by atoms with van der Waals surface area (Å²) in [5, 5.41) is 3.61. The van der Waals surface area contributed by atoms with Crippen LogP contribution in [-0.2, 0) is 0 Å².